The lowest BCUT2D eigenvalue weighted by Crippen LogP contribution is -2.50. The van der Waals surface area contributed by atoms with Crippen molar-refractivity contribution in [3.63, 3.8) is 0 Å². The third-order valence-electron chi connectivity index (χ3n) is 3.36. The Bertz CT molecular complexity index is 620. The molecule has 0 unspecified atom stereocenters. The summed E-state index contributed by atoms with van der Waals surface area (Å²) >= 11 is 0. The number of sulfonamides is 1. The fourth-order valence-corrected chi connectivity index (χ4v) is 3.33. The number of carbonyl (C=O) groups is 1. The molecule has 0 N–H and O–H groups in total. The van der Waals surface area contributed by atoms with Crippen molar-refractivity contribution in [1.29, 1.82) is 0 Å². The summed E-state index contributed by atoms with van der Waals surface area (Å²) in [5.74, 6) is 0. The van der Waals surface area contributed by atoms with Crippen LogP contribution in [-0.2, 0) is 14.8 Å². The largest absolute Gasteiger partial charge is 0.450 e. The molecule has 1 saturated heterocycles. The number of piperazine rings is 1. The first-order chi connectivity index (χ1) is 10.5. The molecule has 0 bridgehead atoms. The molecule has 120 valence electrons. The predicted octanol–water partition coefficient (Wildman–Crippen LogP) is 1.76. The van der Waals surface area contributed by atoms with Crippen LogP contribution in [0, 0.1) is 0 Å². The highest BCUT2D eigenvalue weighted by molar-refractivity contribution is 7.92. The smallest absolute Gasteiger partial charge is 0.409 e. The van der Waals surface area contributed by atoms with E-state index in [1.165, 1.54) is 14.6 Å². The number of nitrogens with zero attached hydrogens (tertiary/aromatic N) is 2. The van der Waals surface area contributed by atoms with Crippen LogP contribution in [0.1, 0.15) is 12.5 Å². The van der Waals surface area contributed by atoms with Crippen LogP contribution in [0.5, 0.6) is 0 Å². The molecule has 1 aromatic carbocycles. The van der Waals surface area contributed by atoms with Gasteiger partial charge in [-0.3, -0.25) is 0 Å². The van der Waals surface area contributed by atoms with E-state index in [-0.39, 0.29) is 19.2 Å². The molecule has 1 fully saturated rings. The fourth-order valence-electron chi connectivity index (χ4n) is 2.15. The molecule has 22 heavy (non-hydrogen) atoms. The molecule has 0 radical (unpaired) electrons. The number of amides is 1. The first-order valence-corrected chi connectivity index (χ1v) is 8.68. The minimum absolute atomic E-state index is 0.278. The van der Waals surface area contributed by atoms with Crippen molar-refractivity contribution in [3.05, 3.63) is 41.3 Å². The van der Waals surface area contributed by atoms with Gasteiger partial charge in [0.15, 0.2) is 0 Å². The van der Waals surface area contributed by atoms with Crippen LogP contribution in [0.25, 0.3) is 6.08 Å². The molecule has 7 heteroatoms. The maximum Gasteiger partial charge on any atom is 0.409 e. The molecule has 2 rings (SSSR count). The molecule has 0 atom stereocenters. The van der Waals surface area contributed by atoms with Gasteiger partial charge in [-0.2, -0.15) is 4.31 Å². The Morgan fingerprint density at radius 2 is 1.82 bits per heavy atom. The van der Waals surface area contributed by atoms with Crippen LogP contribution in [-0.4, -0.2) is 56.5 Å². The lowest BCUT2D eigenvalue weighted by atomic mass is 10.2. The molecule has 1 aromatic rings. The summed E-state index contributed by atoms with van der Waals surface area (Å²) in [6.07, 6.45) is 1.19. The van der Waals surface area contributed by atoms with Crippen molar-refractivity contribution in [3.8, 4) is 0 Å². The van der Waals surface area contributed by atoms with Gasteiger partial charge in [0.1, 0.15) is 0 Å². The van der Waals surface area contributed by atoms with Crippen molar-refractivity contribution >= 4 is 22.2 Å². The van der Waals surface area contributed by atoms with Crippen LogP contribution < -0.4 is 0 Å². The van der Waals surface area contributed by atoms with Gasteiger partial charge < -0.3 is 9.64 Å². The molecule has 0 aromatic heterocycles. The van der Waals surface area contributed by atoms with Gasteiger partial charge in [-0.05, 0) is 18.6 Å². The van der Waals surface area contributed by atoms with E-state index < -0.39 is 10.0 Å². The number of rotatable bonds is 4. The highest BCUT2D eigenvalue weighted by Crippen LogP contribution is 2.12. The van der Waals surface area contributed by atoms with Gasteiger partial charge in [0, 0.05) is 31.6 Å². The van der Waals surface area contributed by atoms with Gasteiger partial charge in [-0.25, -0.2) is 13.2 Å². The molecular weight excluding hydrogens is 304 g/mol. The quantitative estimate of drug-likeness (QED) is 0.846. The minimum atomic E-state index is -3.47. The Morgan fingerprint density at radius 1 is 1.18 bits per heavy atom. The fraction of sp³-hybridized carbons (Fsp3) is 0.400. The zero-order valence-electron chi connectivity index (χ0n) is 12.5. The van der Waals surface area contributed by atoms with Crippen molar-refractivity contribution in [2.45, 2.75) is 6.92 Å². The summed E-state index contributed by atoms with van der Waals surface area (Å²) in [5.41, 5.74) is 0.830. The third-order valence-corrected chi connectivity index (χ3v) is 4.92. The Labute approximate surface area is 131 Å². The molecule has 0 saturated carbocycles. The van der Waals surface area contributed by atoms with Crippen LogP contribution in [0.15, 0.2) is 35.7 Å². The van der Waals surface area contributed by atoms with Crippen LogP contribution in [0.2, 0.25) is 0 Å². The lowest BCUT2D eigenvalue weighted by Gasteiger charge is -2.32. The highest BCUT2D eigenvalue weighted by Gasteiger charge is 2.27. The Hall–Kier alpha value is -1.86. The molecule has 6 nitrogen and oxygen atoms in total. The van der Waals surface area contributed by atoms with E-state index in [9.17, 15) is 13.2 Å². The molecule has 1 amide bonds. The van der Waals surface area contributed by atoms with Crippen molar-refractivity contribution < 1.29 is 17.9 Å². The number of hydrogen-bond donors (Lipinski definition) is 0. The van der Waals surface area contributed by atoms with E-state index >= 15 is 0 Å². The van der Waals surface area contributed by atoms with E-state index in [1.54, 1.807) is 13.0 Å². The topological polar surface area (TPSA) is 66.9 Å². The molecule has 1 aliphatic heterocycles. The monoisotopic (exact) mass is 324 g/mol. The van der Waals surface area contributed by atoms with Gasteiger partial charge in [0.2, 0.25) is 10.0 Å². The van der Waals surface area contributed by atoms with E-state index in [4.69, 9.17) is 4.74 Å². The van der Waals surface area contributed by atoms with Crippen LogP contribution >= 0.6 is 0 Å². The molecule has 0 spiro atoms. The van der Waals surface area contributed by atoms with Gasteiger partial charge in [0.25, 0.3) is 0 Å². The van der Waals surface area contributed by atoms with Crippen LogP contribution in [0.4, 0.5) is 4.79 Å². The van der Waals surface area contributed by atoms with E-state index in [2.05, 4.69) is 0 Å². The maximum absolute atomic E-state index is 12.3. The van der Waals surface area contributed by atoms with E-state index in [0.29, 0.717) is 19.7 Å². The second kappa shape index (κ2) is 7.42. The minimum Gasteiger partial charge on any atom is -0.450 e. The second-order valence-electron chi connectivity index (χ2n) is 4.84. The number of benzene rings is 1. The first-order valence-electron chi connectivity index (χ1n) is 7.18. The molecule has 1 heterocycles. The number of carbonyl (C=O) groups excluding carboxylic acids is 1. The summed E-state index contributed by atoms with van der Waals surface area (Å²) in [6.45, 7) is 3.30. The average molecular weight is 324 g/mol. The Balaban J connectivity index is 1.95. The average Bonchev–Trinajstić information content (AvgIpc) is 2.54. The summed E-state index contributed by atoms with van der Waals surface area (Å²) in [7, 11) is -3.47. The zero-order valence-corrected chi connectivity index (χ0v) is 13.3. The van der Waals surface area contributed by atoms with Crippen molar-refractivity contribution in [2.24, 2.45) is 0 Å². The highest BCUT2D eigenvalue weighted by atomic mass is 32.2. The first kappa shape index (κ1) is 16.5. The van der Waals surface area contributed by atoms with Gasteiger partial charge in [-0.15, -0.1) is 0 Å². The number of ether oxygens (including phenoxy) is 1. The van der Waals surface area contributed by atoms with E-state index in [1.807, 2.05) is 30.3 Å². The van der Waals surface area contributed by atoms with Crippen LogP contribution in [0.3, 0.4) is 0 Å². The maximum atomic E-state index is 12.3. The SMILES string of the molecule is CCOC(=O)N1CCN(S(=O)(=O)/C=C/c2ccccc2)CC1. The summed E-state index contributed by atoms with van der Waals surface area (Å²) in [4.78, 5) is 13.1. The zero-order chi connectivity index (χ0) is 16.0. The standard InChI is InChI=1S/C15H20N2O4S/c1-2-21-15(18)16-9-11-17(12-10-16)22(19,20)13-8-14-6-4-3-5-7-14/h3-8,13H,2,9-12H2,1H3/b13-8+. The summed E-state index contributed by atoms with van der Waals surface area (Å²) < 4.78 is 30.8. The van der Waals surface area contributed by atoms with Crippen molar-refractivity contribution in [1.82, 2.24) is 9.21 Å². The van der Waals surface area contributed by atoms with Gasteiger partial charge >= 0.3 is 6.09 Å². The van der Waals surface area contributed by atoms with Crippen molar-refractivity contribution in [2.75, 3.05) is 32.8 Å². The molecule has 1 aliphatic rings. The second-order valence-corrected chi connectivity index (χ2v) is 6.66. The van der Waals surface area contributed by atoms with Gasteiger partial charge in [-0.1, -0.05) is 30.3 Å². The predicted molar refractivity (Wildman–Crippen MR) is 84.6 cm³/mol. The summed E-state index contributed by atoms with van der Waals surface area (Å²) in [6, 6.07) is 9.25. The molecular formula is C15H20N2O4S. The molecule has 0 aliphatic carbocycles. The number of hydrogen-bond acceptors (Lipinski definition) is 4. The van der Waals surface area contributed by atoms with E-state index in [0.717, 1.165) is 5.56 Å². The normalized spacial score (nSPS) is 16.9. The van der Waals surface area contributed by atoms with Gasteiger partial charge in [0.05, 0.1) is 6.61 Å². The lowest BCUT2D eigenvalue weighted by molar-refractivity contribution is 0.0936. The Kier molecular flexibility index (Phi) is 5.57. The third kappa shape index (κ3) is 4.32. The summed E-state index contributed by atoms with van der Waals surface area (Å²) in [5, 5.41) is 1.21. The Morgan fingerprint density at radius 3 is 2.41 bits per heavy atom.